The van der Waals surface area contributed by atoms with E-state index in [0.29, 0.717) is 11.6 Å². The van der Waals surface area contributed by atoms with Gasteiger partial charge in [0, 0.05) is 12.4 Å². The fourth-order valence-electron chi connectivity index (χ4n) is 1.80. The lowest BCUT2D eigenvalue weighted by atomic mass is 10.1. The van der Waals surface area contributed by atoms with Crippen LogP contribution in [0.2, 0.25) is 0 Å². The van der Waals surface area contributed by atoms with Gasteiger partial charge in [-0.3, -0.25) is 4.79 Å². The van der Waals surface area contributed by atoms with Crippen LogP contribution < -0.4 is 10.5 Å². The number of methoxy groups -OCH3 is 1. The van der Waals surface area contributed by atoms with Gasteiger partial charge in [0.25, 0.3) is 0 Å². The largest absolute Gasteiger partial charge is 0.496 e. The van der Waals surface area contributed by atoms with Gasteiger partial charge in [-0.15, -0.1) is 0 Å². The molecule has 18 heavy (non-hydrogen) atoms. The maximum atomic E-state index is 11.3. The van der Waals surface area contributed by atoms with E-state index in [1.165, 1.54) is 0 Å². The van der Waals surface area contributed by atoms with Crippen LogP contribution in [0.4, 0.5) is 0 Å². The molecule has 0 aliphatic heterocycles. The van der Waals surface area contributed by atoms with Crippen LogP contribution in [0, 0.1) is 0 Å². The number of hydrogen-bond acceptors (Lipinski definition) is 3. The third kappa shape index (κ3) is 2.07. The Bertz CT molecular complexity index is 563. The average molecular weight is 245 g/mol. The van der Waals surface area contributed by atoms with Gasteiger partial charge >= 0.3 is 0 Å². The number of carbonyl (C=O) groups excluding carboxylic acids is 1. The molecule has 0 saturated heterocycles. The van der Waals surface area contributed by atoms with E-state index in [2.05, 4.69) is 4.98 Å². The molecule has 5 nitrogen and oxygen atoms in total. The van der Waals surface area contributed by atoms with Crippen molar-refractivity contribution >= 4 is 5.91 Å². The molecule has 0 spiro atoms. The van der Waals surface area contributed by atoms with E-state index in [9.17, 15) is 4.79 Å². The number of nitrogens with two attached hydrogens (primary N) is 1. The van der Waals surface area contributed by atoms with Crippen molar-refractivity contribution in [2.24, 2.45) is 5.73 Å². The van der Waals surface area contributed by atoms with E-state index in [4.69, 9.17) is 10.5 Å². The van der Waals surface area contributed by atoms with Crippen LogP contribution in [0.25, 0.3) is 11.4 Å². The van der Waals surface area contributed by atoms with E-state index in [-0.39, 0.29) is 0 Å². The first kappa shape index (κ1) is 12.2. The Morgan fingerprint density at radius 1 is 1.44 bits per heavy atom. The summed E-state index contributed by atoms with van der Waals surface area (Å²) in [4.78, 5) is 15.6. The average Bonchev–Trinajstić information content (AvgIpc) is 2.86. The molecule has 0 aliphatic carbocycles. The van der Waals surface area contributed by atoms with Crippen LogP contribution in [-0.4, -0.2) is 22.6 Å². The zero-order valence-corrected chi connectivity index (χ0v) is 10.3. The number of hydrogen-bond donors (Lipinski definition) is 1. The van der Waals surface area contributed by atoms with Crippen molar-refractivity contribution in [3.8, 4) is 17.1 Å². The molecule has 1 amide bonds. The minimum atomic E-state index is -0.451. The maximum absolute atomic E-state index is 11.3. The number of amides is 1. The molecule has 1 aromatic carbocycles. The standard InChI is InChI=1S/C13H15N3O2/c1-9(12(14)17)16-8-7-15-13(16)10-5-3-4-6-11(10)18-2/h3-9H,1-2H3,(H2,14,17). The SMILES string of the molecule is COc1ccccc1-c1nccn1C(C)C(N)=O. The van der Waals surface area contributed by atoms with Crippen molar-refractivity contribution in [2.45, 2.75) is 13.0 Å². The van der Waals surface area contributed by atoms with Gasteiger partial charge in [0.15, 0.2) is 0 Å². The number of carbonyl (C=O) groups is 1. The van der Waals surface area contributed by atoms with Crippen LogP contribution in [0.3, 0.4) is 0 Å². The monoisotopic (exact) mass is 245 g/mol. The molecule has 1 aromatic heterocycles. The Kier molecular flexibility index (Phi) is 3.32. The highest BCUT2D eigenvalue weighted by Crippen LogP contribution is 2.29. The summed E-state index contributed by atoms with van der Waals surface area (Å²) in [5, 5.41) is 0. The van der Waals surface area contributed by atoms with Gasteiger partial charge in [0.05, 0.1) is 12.7 Å². The lowest BCUT2D eigenvalue weighted by molar-refractivity contribution is -0.120. The lowest BCUT2D eigenvalue weighted by Gasteiger charge is -2.14. The molecule has 1 heterocycles. The number of aromatic nitrogens is 2. The van der Waals surface area contributed by atoms with Crippen LogP contribution in [0.1, 0.15) is 13.0 Å². The summed E-state index contributed by atoms with van der Waals surface area (Å²) in [7, 11) is 1.60. The number of imidazole rings is 1. The van der Waals surface area contributed by atoms with Crippen molar-refractivity contribution in [3.63, 3.8) is 0 Å². The second kappa shape index (κ2) is 4.91. The molecule has 0 fully saturated rings. The molecule has 2 rings (SSSR count). The van der Waals surface area contributed by atoms with Crippen LogP contribution >= 0.6 is 0 Å². The van der Waals surface area contributed by atoms with Crippen LogP contribution in [-0.2, 0) is 4.79 Å². The summed E-state index contributed by atoms with van der Waals surface area (Å²) in [5.41, 5.74) is 6.16. The van der Waals surface area contributed by atoms with Gasteiger partial charge in [-0.2, -0.15) is 0 Å². The molecular formula is C13H15N3O2. The number of benzene rings is 1. The summed E-state index contributed by atoms with van der Waals surface area (Å²) >= 11 is 0. The topological polar surface area (TPSA) is 70.1 Å². The number of rotatable bonds is 4. The van der Waals surface area contributed by atoms with E-state index < -0.39 is 11.9 Å². The predicted molar refractivity (Wildman–Crippen MR) is 68.1 cm³/mol. The van der Waals surface area contributed by atoms with Crippen LogP contribution in [0.15, 0.2) is 36.7 Å². The number of para-hydroxylation sites is 1. The Labute approximate surface area is 105 Å². The minimum Gasteiger partial charge on any atom is -0.496 e. The first-order valence-corrected chi connectivity index (χ1v) is 5.60. The molecule has 0 radical (unpaired) electrons. The highest BCUT2D eigenvalue weighted by atomic mass is 16.5. The molecule has 1 atom stereocenters. The molecule has 0 bridgehead atoms. The molecule has 0 saturated carbocycles. The van der Waals surface area contributed by atoms with Crippen molar-refractivity contribution < 1.29 is 9.53 Å². The Balaban J connectivity index is 2.52. The van der Waals surface area contributed by atoms with Gasteiger partial charge < -0.3 is 15.0 Å². The Morgan fingerprint density at radius 2 is 2.17 bits per heavy atom. The normalized spacial score (nSPS) is 12.1. The maximum Gasteiger partial charge on any atom is 0.240 e. The zero-order valence-electron chi connectivity index (χ0n) is 10.3. The Morgan fingerprint density at radius 3 is 2.83 bits per heavy atom. The van der Waals surface area contributed by atoms with Crippen molar-refractivity contribution in [2.75, 3.05) is 7.11 Å². The van der Waals surface area contributed by atoms with Crippen LogP contribution in [0.5, 0.6) is 5.75 Å². The highest BCUT2D eigenvalue weighted by Gasteiger charge is 2.17. The predicted octanol–water partition coefficient (Wildman–Crippen LogP) is 1.60. The molecule has 2 aromatic rings. The summed E-state index contributed by atoms with van der Waals surface area (Å²) in [6.45, 7) is 1.74. The first-order valence-electron chi connectivity index (χ1n) is 5.60. The molecule has 1 unspecified atom stereocenters. The molecule has 5 heteroatoms. The molecule has 0 aliphatic rings. The van der Waals surface area contributed by atoms with Gasteiger partial charge in [-0.1, -0.05) is 12.1 Å². The number of ether oxygens (including phenoxy) is 1. The second-order valence-electron chi connectivity index (χ2n) is 3.94. The summed E-state index contributed by atoms with van der Waals surface area (Å²) < 4.78 is 7.03. The molecular weight excluding hydrogens is 230 g/mol. The van der Waals surface area contributed by atoms with Crippen molar-refractivity contribution in [3.05, 3.63) is 36.7 Å². The smallest absolute Gasteiger partial charge is 0.240 e. The highest BCUT2D eigenvalue weighted by molar-refractivity contribution is 5.79. The molecule has 94 valence electrons. The number of primary amides is 1. The zero-order chi connectivity index (χ0) is 13.1. The quantitative estimate of drug-likeness (QED) is 0.889. The lowest BCUT2D eigenvalue weighted by Crippen LogP contribution is -2.24. The van der Waals surface area contributed by atoms with Gasteiger partial charge in [0.2, 0.25) is 5.91 Å². The first-order chi connectivity index (χ1) is 8.65. The van der Waals surface area contributed by atoms with E-state index >= 15 is 0 Å². The fraction of sp³-hybridized carbons (Fsp3) is 0.231. The van der Waals surface area contributed by atoms with Crippen molar-refractivity contribution in [1.29, 1.82) is 0 Å². The summed E-state index contributed by atoms with van der Waals surface area (Å²) in [5.74, 6) is 0.976. The van der Waals surface area contributed by atoms with Gasteiger partial charge in [0.1, 0.15) is 17.6 Å². The minimum absolute atomic E-state index is 0.399. The van der Waals surface area contributed by atoms with Gasteiger partial charge in [-0.25, -0.2) is 4.98 Å². The van der Waals surface area contributed by atoms with E-state index in [1.807, 2.05) is 24.3 Å². The third-order valence-electron chi connectivity index (χ3n) is 2.85. The van der Waals surface area contributed by atoms with E-state index in [1.54, 1.807) is 31.0 Å². The number of nitrogens with zero attached hydrogens (tertiary/aromatic N) is 2. The summed E-state index contributed by atoms with van der Waals surface area (Å²) in [6, 6.07) is 7.07. The van der Waals surface area contributed by atoms with Crippen molar-refractivity contribution in [1.82, 2.24) is 9.55 Å². The molecule has 2 N–H and O–H groups in total. The third-order valence-corrected chi connectivity index (χ3v) is 2.85. The second-order valence-corrected chi connectivity index (χ2v) is 3.94. The van der Waals surface area contributed by atoms with Gasteiger partial charge in [-0.05, 0) is 19.1 Å². The van der Waals surface area contributed by atoms with E-state index in [0.717, 1.165) is 5.56 Å². The Hall–Kier alpha value is -2.30. The fourth-order valence-corrected chi connectivity index (χ4v) is 1.80. The summed E-state index contributed by atoms with van der Waals surface area (Å²) in [6.07, 6.45) is 3.37.